The highest BCUT2D eigenvalue weighted by molar-refractivity contribution is 7.99. The molecule has 1 heterocycles. The number of anilines is 1. The molecule has 146 valence electrons. The quantitative estimate of drug-likeness (QED) is 0.458. The highest BCUT2D eigenvalue weighted by Crippen LogP contribution is 2.17. The van der Waals surface area contributed by atoms with Gasteiger partial charge in [-0.1, -0.05) is 72.4 Å². The van der Waals surface area contributed by atoms with Gasteiger partial charge in [-0.25, -0.2) is 9.97 Å². The number of hydrogen-bond acceptors (Lipinski definition) is 6. The number of nitrogens with two attached hydrogens (primary N) is 1. The molecule has 0 spiro atoms. The predicted octanol–water partition coefficient (Wildman–Crippen LogP) is 3.29. The Labute approximate surface area is 174 Å². The zero-order valence-corrected chi connectivity index (χ0v) is 16.7. The third kappa shape index (κ3) is 6.06. The van der Waals surface area contributed by atoms with Crippen molar-refractivity contribution in [3.63, 3.8) is 0 Å². The molecule has 0 radical (unpaired) electrons. The summed E-state index contributed by atoms with van der Waals surface area (Å²) < 4.78 is 0. The Balaban J connectivity index is 1.66. The zero-order valence-electron chi connectivity index (χ0n) is 15.9. The SMILES string of the molecule is N#Cc1cnc(SCC(=O)N(CCc2ccccc2)Cc2ccccc2)nc1N. The van der Waals surface area contributed by atoms with E-state index in [4.69, 9.17) is 11.0 Å². The number of aromatic nitrogens is 2. The Kier molecular flexibility index (Phi) is 7.20. The van der Waals surface area contributed by atoms with Gasteiger partial charge in [0.25, 0.3) is 0 Å². The summed E-state index contributed by atoms with van der Waals surface area (Å²) in [6, 6.07) is 22.0. The van der Waals surface area contributed by atoms with Gasteiger partial charge in [-0.15, -0.1) is 0 Å². The lowest BCUT2D eigenvalue weighted by Crippen LogP contribution is -2.33. The minimum Gasteiger partial charge on any atom is -0.382 e. The fraction of sp³-hybridized carbons (Fsp3) is 0.182. The Morgan fingerprint density at radius 1 is 1.07 bits per heavy atom. The van der Waals surface area contributed by atoms with Crippen molar-refractivity contribution >= 4 is 23.5 Å². The largest absolute Gasteiger partial charge is 0.382 e. The highest BCUT2D eigenvalue weighted by atomic mass is 32.2. The minimum atomic E-state index is 0.00122. The van der Waals surface area contributed by atoms with Crippen molar-refractivity contribution in [1.29, 1.82) is 5.26 Å². The molecule has 0 bridgehead atoms. The number of carbonyl (C=O) groups excluding carboxylic acids is 1. The number of amides is 1. The van der Waals surface area contributed by atoms with Gasteiger partial charge >= 0.3 is 0 Å². The monoisotopic (exact) mass is 403 g/mol. The fourth-order valence-electron chi connectivity index (χ4n) is 2.76. The normalized spacial score (nSPS) is 10.3. The Morgan fingerprint density at radius 3 is 2.34 bits per heavy atom. The first-order valence-corrected chi connectivity index (χ1v) is 10.2. The molecule has 0 aliphatic carbocycles. The lowest BCUT2D eigenvalue weighted by molar-refractivity contribution is -0.128. The van der Waals surface area contributed by atoms with Crippen LogP contribution in [0, 0.1) is 11.3 Å². The molecular weight excluding hydrogens is 382 g/mol. The molecular formula is C22H21N5OS. The van der Waals surface area contributed by atoms with Gasteiger partial charge in [0.05, 0.1) is 11.9 Å². The van der Waals surface area contributed by atoms with Gasteiger partial charge in [-0.3, -0.25) is 4.79 Å². The van der Waals surface area contributed by atoms with E-state index in [0.29, 0.717) is 18.2 Å². The van der Waals surface area contributed by atoms with Crippen LogP contribution >= 0.6 is 11.8 Å². The number of benzene rings is 2. The van der Waals surface area contributed by atoms with Crippen LogP contribution in [0.2, 0.25) is 0 Å². The molecule has 0 unspecified atom stereocenters. The van der Waals surface area contributed by atoms with Crippen molar-refractivity contribution in [2.75, 3.05) is 18.0 Å². The van der Waals surface area contributed by atoms with E-state index in [-0.39, 0.29) is 23.0 Å². The maximum Gasteiger partial charge on any atom is 0.233 e. The number of nitrogens with zero attached hydrogens (tertiary/aromatic N) is 4. The van der Waals surface area contributed by atoms with Crippen molar-refractivity contribution < 1.29 is 4.79 Å². The predicted molar refractivity (Wildman–Crippen MR) is 114 cm³/mol. The number of carbonyl (C=O) groups is 1. The molecule has 6 nitrogen and oxygen atoms in total. The Bertz CT molecular complexity index is 989. The van der Waals surface area contributed by atoms with E-state index in [1.54, 1.807) is 0 Å². The van der Waals surface area contributed by atoms with Gasteiger partial charge in [-0.2, -0.15) is 5.26 Å². The maximum atomic E-state index is 12.9. The zero-order chi connectivity index (χ0) is 20.5. The number of nitrogen functional groups attached to an aromatic ring is 1. The molecule has 29 heavy (non-hydrogen) atoms. The highest BCUT2D eigenvalue weighted by Gasteiger charge is 2.16. The topological polar surface area (TPSA) is 95.9 Å². The van der Waals surface area contributed by atoms with Crippen LogP contribution in [0.15, 0.2) is 72.0 Å². The average molecular weight is 404 g/mol. The van der Waals surface area contributed by atoms with Crippen LogP contribution in [0.25, 0.3) is 0 Å². The van der Waals surface area contributed by atoms with E-state index in [2.05, 4.69) is 22.1 Å². The first-order valence-electron chi connectivity index (χ1n) is 9.16. The summed E-state index contributed by atoms with van der Waals surface area (Å²) in [5, 5.41) is 9.30. The van der Waals surface area contributed by atoms with Crippen LogP contribution in [0.1, 0.15) is 16.7 Å². The molecule has 7 heteroatoms. The summed E-state index contributed by atoms with van der Waals surface area (Å²) in [5.41, 5.74) is 8.23. The van der Waals surface area contributed by atoms with E-state index < -0.39 is 0 Å². The van der Waals surface area contributed by atoms with Crippen molar-refractivity contribution in [3.8, 4) is 6.07 Å². The van der Waals surface area contributed by atoms with E-state index in [0.717, 1.165) is 12.0 Å². The van der Waals surface area contributed by atoms with Gasteiger partial charge in [0.15, 0.2) is 5.16 Å². The van der Waals surface area contributed by atoms with Crippen molar-refractivity contribution in [2.45, 2.75) is 18.1 Å². The minimum absolute atomic E-state index is 0.00122. The molecule has 0 saturated heterocycles. The van der Waals surface area contributed by atoms with E-state index >= 15 is 0 Å². The Hall–Kier alpha value is -3.37. The van der Waals surface area contributed by atoms with Crippen LogP contribution in [-0.2, 0) is 17.8 Å². The summed E-state index contributed by atoms with van der Waals surface area (Å²) in [7, 11) is 0. The van der Waals surface area contributed by atoms with Crippen molar-refractivity contribution in [1.82, 2.24) is 14.9 Å². The molecule has 0 saturated carbocycles. The second-order valence-electron chi connectivity index (χ2n) is 6.39. The molecule has 2 N–H and O–H groups in total. The smallest absolute Gasteiger partial charge is 0.233 e. The van der Waals surface area contributed by atoms with E-state index in [1.165, 1.54) is 23.5 Å². The van der Waals surface area contributed by atoms with Crippen LogP contribution in [0.3, 0.4) is 0 Å². The molecule has 1 aromatic heterocycles. The second kappa shape index (κ2) is 10.2. The summed E-state index contributed by atoms with van der Waals surface area (Å²) in [4.78, 5) is 23.0. The van der Waals surface area contributed by atoms with Gasteiger partial charge in [0.1, 0.15) is 17.5 Å². The van der Waals surface area contributed by atoms with Gasteiger partial charge < -0.3 is 10.6 Å². The number of rotatable bonds is 8. The Morgan fingerprint density at radius 2 is 1.72 bits per heavy atom. The fourth-order valence-corrected chi connectivity index (χ4v) is 3.48. The summed E-state index contributed by atoms with van der Waals surface area (Å²) in [6.07, 6.45) is 2.16. The number of hydrogen-bond donors (Lipinski definition) is 1. The summed E-state index contributed by atoms with van der Waals surface area (Å²) in [6.45, 7) is 1.16. The van der Waals surface area contributed by atoms with Crippen LogP contribution in [-0.4, -0.2) is 33.1 Å². The van der Waals surface area contributed by atoms with Crippen LogP contribution in [0.4, 0.5) is 5.82 Å². The summed E-state index contributed by atoms with van der Waals surface area (Å²) >= 11 is 1.22. The van der Waals surface area contributed by atoms with Crippen molar-refractivity contribution in [2.24, 2.45) is 0 Å². The lowest BCUT2D eigenvalue weighted by Gasteiger charge is -2.23. The maximum absolute atomic E-state index is 12.9. The molecule has 2 aromatic carbocycles. The van der Waals surface area contributed by atoms with E-state index in [1.807, 2.05) is 59.5 Å². The first-order chi connectivity index (χ1) is 14.2. The van der Waals surface area contributed by atoms with E-state index in [9.17, 15) is 4.79 Å². The standard InChI is InChI=1S/C22H21N5OS/c23-13-19-14-25-22(26-21(19)24)29-16-20(28)27(15-18-9-5-2-6-10-18)12-11-17-7-3-1-4-8-17/h1-10,14H,11-12,15-16H2,(H2,24,25,26). The molecule has 0 aliphatic rings. The molecule has 0 atom stereocenters. The molecule has 3 rings (SSSR count). The molecule has 0 fully saturated rings. The second-order valence-corrected chi connectivity index (χ2v) is 7.33. The van der Waals surface area contributed by atoms with Crippen molar-refractivity contribution in [3.05, 3.63) is 83.6 Å². The van der Waals surface area contributed by atoms with Gasteiger partial charge in [0, 0.05) is 13.1 Å². The lowest BCUT2D eigenvalue weighted by atomic mass is 10.1. The average Bonchev–Trinajstić information content (AvgIpc) is 2.76. The molecule has 3 aromatic rings. The van der Waals surface area contributed by atoms with Crippen LogP contribution < -0.4 is 5.73 Å². The first kappa shape index (κ1) is 20.4. The summed E-state index contributed by atoms with van der Waals surface area (Å²) in [5.74, 6) is 0.330. The number of thioether (sulfide) groups is 1. The van der Waals surface area contributed by atoms with Crippen LogP contribution in [0.5, 0.6) is 0 Å². The molecule has 0 aliphatic heterocycles. The third-order valence-corrected chi connectivity index (χ3v) is 5.17. The van der Waals surface area contributed by atoms with Gasteiger partial charge in [0.2, 0.25) is 5.91 Å². The van der Waals surface area contributed by atoms with Gasteiger partial charge in [-0.05, 0) is 17.5 Å². The number of nitriles is 1. The third-order valence-electron chi connectivity index (χ3n) is 4.32. The molecule has 1 amide bonds.